The first-order valence-corrected chi connectivity index (χ1v) is 7.73. The molecular weight excluding hydrogens is 282 g/mol. The molecule has 2 N–H and O–H groups in total. The highest BCUT2D eigenvalue weighted by atomic mass is 32.2. The summed E-state index contributed by atoms with van der Waals surface area (Å²) in [6, 6.07) is 6.05. The van der Waals surface area contributed by atoms with Crippen molar-refractivity contribution in [2.75, 3.05) is 0 Å². The third-order valence-corrected chi connectivity index (χ3v) is 3.98. The SMILES string of the molecule is CC(C)(C)NCc1c(Sc2ncc[nH]2)nc2ccccn12. The van der Waals surface area contributed by atoms with Gasteiger partial charge in [0.15, 0.2) is 5.16 Å². The molecule has 6 heteroatoms. The summed E-state index contributed by atoms with van der Waals surface area (Å²) in [5.41, 5.74) is 2.17. The molecule has 0 radical (unpaired) electrons. The first-order chi connectivity index (χ1) is 10.0. The van der Waals surface area contributed by atoms with Gasteiger partial charge in [0, 0.05) is 30.7 Å². The Bertz CT molecular complexity index is 724. The van der Waals surface area contributed by atoms with Gasteiger partial charge in [-0.25, -0.2) is 9.97 Å². The van der Waals surface area contributed by atoms with Crippen LogP contribution in [0.15, 0.2) is 47.0 Å². The molecule has 110 valence electrons. The van der Waals surface area contributed by atoms with Gasteiger partial charge in [-0.1, -0.05) is 6.07 Å². The Balaban J connectivity index is 1.97. The molecule has 0 fully saturated rings. The van der Waals surface area contributed by atoms with E-state index in [1.54, 1.807) is 18.0 Å². The van der Waals surface area contributed by atoms with E-state index in [1.807, 2.05) is 30.6 Å². The predicted molar refractivity (Wildman–Crippen MR) is 84.5 cm³/mol. The van der Waals surface area contributed by atoms with Crippen LogP contribution in [0.5, 0.6) is 0 Å². The van der Waals surface area contributed by atoms with E-state index in [0.29, 0.717) is 0 Å². The standard InChI is InChI=1S/C15H19N5S/c1-15(2,3)18-10-11-13(21-14-16-7-8-17-14)19-12-6-4-5-9-20(11)12/h4-9,18H,10H2,1-3H3,(H,16,17). The van der Waals surface area contributed by atoms with Crippen molar-refractivity contribution in [1.82, 2.24) is 24.7 Å². The summed E-state index contributed by atoms with van der Waals surface area (Å²) >= 11 is 1.56. The summed E-state index contributed by atoms with van der Waals surface area (Å²) in [6.45, 7) is 7.25. The maximum absolute atomic E-state index is 4.71. The van der Waals surface area contributed by atoms with E-state index in [0.717, 1.165) is 28.1 Å². The minimum atomic E-state index is 0.0611. The number of hydrogen-bond acceptors (Lipinski definition) is 4. The highest BCUT2D eigenvalue weighted by Crippen LogP contribution is 2.28. The Morgan fingerprint density at radius 3 is 2.90 bits per heavy atom. The van der Waals surface area contributed by atoms with Crippen molar-refractivity contribution in [3.8, 4) is 0 Å². The summed E-state index contributed by atoms with van der Waals surface area (Å²) in [4.78, 5) is 12.1. The van der Waals surface area contributed by atoms with Crippen molar-refractivity contribution in [1.29, 1.82) is 0 Å². The summed E-state index contributed by atoms with van der Waals surface area (Å²) < 4.78 is 2.13. The van der Waals surface area contributed by atoms with Gasteiger partial charge in [-0.05, 0) is 44.7 Å². The number of fused-ring (bicyclic) bond motifs is 1. The quantitative estimate of drug-likeness (QED) is 0.777. The molecule has 0 saturated heterocycles. The number of rotatable bonds is 4. The molecule has 0 aromatic carbocycles. The molecular formula is C15H19N5S. The van der Waals surface area contributed by atoms with Gasteiger partial charge in [-0.3, -0.25) is 0 Å². The number of imidazole rings is 2. The second-order valence-electron chi connectivity index (χ2n) is 5.89. The Labute approximate surface area is 128 Å². The van der Waals surface area contributed by atoms with Crippen LogP contribution in [0.1, 0.15) is 26.5 Å². The average molecular weight is 301 g/mol. The lowest BCUT2D eigenvalue weighted by Crippen LogP contribution is -2.35. The number of nitrogens with one attached hydrogen (secondary N) is 2. The average Bonchev–Trinajstić information content (AvgIpc) is 3.03. The zero-order valence-electron chi connectivity index (χ0n) is 12.4. The molecule has 0 aliphatic rings. The van der Waals surface area contributed by atoms with E-state index in [2.05, 4.69) is 40.5 Å². The van der Waals surface area contributed by atoms with Crippen molar-refractivity contribution in [3.05, 3.63) is 42.5 Å². The Morgan fingerprint density at radius 2 is 2.19 bits per heavy atom. The Hall–Kier alpha value is -1.79. The van der Waals surface area contributed by atoms with Crippen molar-refractivity contribution in [2.45, 2.75) is 43.0 Å². The number of nitrogens with zero attached hydrogens (tertiary/aromatic N) is 3. The van der Waals surface area contributed by atoms with Crippen LogP contribution in [0.4, 0.5) is 0 Å². The summed E-state index contributed by atoms with van der Waals surface area (Å²) in [5, 5.41) is 5.37. The van der Waals surface area contributed by atoms with Crippen LogP contribution in [0.25, 0.3) is 5.65 Å². The molecule has 0 unspecified atom stereocenters. The fourth-order valence-electron chi connectivity index (χ4n) is 2.01. The lowest BCUT2D eigenvalue weighted by molar-refractivity contribution is 0.418. The van der Waals surface area contributed by atoms with Crippen molar-refractivity contribution >= 4 is 17.4 Å². The summed E-state index contributed by atoms with van der Waals surface area (Å²) in [7, 11) is 0. The van der Waals surface area contributed by atoms with Gasteiger partial charge in [-0.15, -0.1) is 0 Å². The Morgan fingerprint density at radius 1 is 1.33 bits per heavy atom. The molecule has 3 aromatic heterocycles. The van der Waals surface area contributed by atoms with Crippen LogP contribution in [0.3, 0.4) is 0 Å². The number of H-pyrrole nitrogens is 1. The van der Waals surface area contributed by atoms with E-state index in [9.17, 15) is 0 Å². The Kier molecular flexibility index (Phi) is 3.73. The monoisotopic (exact) mass is 301 g/mol. The molecule has 3 rings (SSSR count). The molecule has 3 aromatic rings. The van der Waals surface area contributed by atoms with Crippen LogP contribution < -0.4 is 5.32 Å². The molecule has 0 saturated carbocycles. The van der Waals surface area contributed by atoms with E-state index < -0.39 is 0 Å². The predicted octanol–water partition coefficient (Wildman–Crippen LogP) is 3.10. The molecule has 0 aliphatic carbocycles. The van der Waals surface area contributed by atoms with Crippen LogP contribution in [-0.4, -0.2) is 24.9 Å². The first kappa shape index (κ1) is 14.2. The minimum absolute atomic E-state index is 0.0611. The van der Waals surface area contributed by atoms with Gasteiger partial charge in [-0.2, -0.15) is 0 Å². The smallest absolute Gasteiger partial charge is 0.171 e. The van der Waals surface area contributed by atoms with E-state index >= 15 is 0 Å². The van der Waals surface area contributed by atoms with Crippen LogP contribution in [0.2, 0.25) is 0 Å². The molecule has 5 nitrogen and oxygen atoms in total. The number of aromatic amines is 1. The van der Waals surface area contributed by atoms with Gasteiger partial charge >= 0.3 is 0 Å². The molecule has 0 aliphatic heterocycles. The van der Waals surface area contributed by atoms with Crippen molar-refractivity contribution < 1.29 is 0 Å². The second-order valence-corrected chi connectivity index (χ2v) is 6.87. The summed E-state index contributed by atoms with van der Waals surface area (Å²) in [6.07, 6.45) is 5.63. The fraction of sp³-hybridized carbons (Fsp3) is 0.333. The third-order valence-electron chi connectivity index (χ3n) is 3.04. The second kappa shape index (κ2) is 5.54. The fourth-order valence-corrected chi connectivity index (χ4v) is 2.87. The highest BCUT2D eigenvalue weighted by Gasteiger charge is 2.17. The van der Waals surface area contributed by atoms with Gasteiger partial charge in [0.1, 0.15) is 10.7 Å². The maximum Gasteiger partial charge on any atom is 0.171 e. The maximum atomic E-state index is 4.71. The van der Waals surface area contributed by atoms with Crippen LogP contribution in [0, 0.1) is 0 Å². The molecule has 21 heavy (non-hydrogen) atoms. The lowest BCUT2D eigenvalue weighted by Gasteiger charge is -2.20. The van der Waals surface area contributed by atoms with Crippen molar-refractivity contribution in [2.24, 2.45) is 0 Å². The van der Waals surface area contributed by atoms with E-state index in [-0.39, 0.29) is 5.54 Å². The first-order valence-electron chi connectivity index (χ1n) is 6.91. The van der Waals surface area contributed by atoms with Gasteiger partial charge in [0.05, 0.1) is 5.69 Å². The molecule has 0 amide bonds. The molecule has 0 spiro atoms. The minimum Gasteiger partial charge on any atom is -0.339 e. The zero-order valence-corrected chi connectivity index (χ0v) is 13.2. The largest absolute Gasteiger partial charge is 0.339 e. The van der Waals surface area contributed by atoms with E-state index in [1.165, 1.54) is 0 Å². The normalized spacial score (nSPS) is 12.1. The van der Waals surface area contributed by atoms with Crippen LogP contribution >= 0.6 is 11.8 Å². The number of pyridine rings is 1. The van der Waals surface area contributed by atoms with Crippen molar-refractivity contribution in [3.63, 3.8) is 0 Å². The third kappa shape index (κ3) is 3.28. The van der Waals surface area contributed by atoms with Gasteiger partial charge < -0.3 is 14.7 Å². The highest BCUT2D eigenvalue weighted by molar-refractivity contribution is 7.99. The zero-order chi connectivity index (χ0) is 14.9. The van der Waals surface area contributed by atoms with E-state index in [4.69, 9.17) is 4.98 Å². The van der Waals surface area contributed by atoms with Gasteiger partial charge in [0.25, 0.3) is 0 Å². The molecule has 3 heterocycles. The number of aromatic nitrogens is 4. The van der Waals surface area contributed by atoms with Gasteiger partial charge in [0.2, 0.25) is 0 Å². The topological polar surface area (TPSA) is 58.0 Å². The molecule has 0 atom stereocenters. The molecule has 0 bridgehead atoms. The lowest BCUT2D eigenvalue weighted by atomic mass is 10.1. The number of hydrogen-bond donors (Lipinski definition) is 2. The van der Waals surface area contributed by atoms with Crippen LogP contribution in [-0.2, 0) is 6.54 Å². The summed E-state index contributed by atoms with van der Waals surface area (Å²) in [5.74, 6) is 0.